The van der Waals surface area contributed by atoms with Crippen molar-refractivity contribution in [2.45, 2.75) is 6.61 Å². The Morgan fingerprint density at radius 3 is 2.14 bits per heavy atom. The lowest BCUT2D eigenvalue weighted by Gasteiger charge is -2.09. The molecule has 4 heteroatoms. The summed E-state index contributed by atoms with van der Waals surface area (Å²) in [5.41, 5.74) is 1.15. The number of aliphatic hydroxyl groups is 1. The molecule has 0 aliphatic rings. The van der Waals surface area contributed by atoms with Gasteiger partial charge in [0.25, 0.3) is 0 Å². The summed E-state index contributed by atoms with van der Waals surface area (Å²) in [6.07, 6.45) is 0. The lowest BCUT2D eigenvalue weighted by atomic mass is 10.2. The second-order valence-corrected chi connectivity index (χ2v) is 4.57. The van der Waals surface area contributed by atoms with Gasteiger partial charge in [-0.15, -0.1) is 0 Å². The van der Waals surface area contributed by atoms with Crippen LogP contribution in [-0.4, -0.2) is 31.4 Å². The number of rotatable bonds is 9. The molecule has 0 bridgehead atoms. The molecule has 2 N–H and O–H groups in total. The van der Waals surface area contributed by atoms with E-state index in [2.05, 4.69) is 5.32 Å². The fourth-order valence-corrected chi connectivity index (χ4v) is 1.82. The number of aliphatic hydroxyl groups excluding tert-OH is 1. The summed E-state index contributed by atoms with van der Waals surface area (Å²) in [4.78, 5) is 0. The fourth-order valence-electron chi connectivity index (χ4n) is 1.82. The van der Waals surface area contributed by atoms with Crippen LogP contribution in [0, 0.1) is 0 Å². The molecule has 0 fully saturated rings. The number of hydrogen-bond acceptors (Lipinski definition) is 4. The zero-order chi connectivity index (χ0) is 14.8. The number of hydrogen-bond donors (Lipinski definition) is 2. The first-order chi connectivity index (χ1) is 10.4. The quantitative estimate of drug-likeness (QED) is 0.694. The molecule has 0 aliphatic carbocycles. The van der Waals surface area contributed by atoms with Gasteiger partial charge in [-0.1, -0.05) is 30.3 Å². The minimum Gasteiger partial charge on any atom is -0.492 e. The molecule has 0 atom stereocenters. The Morgan fingerprint density at radius 2 is 1.48 bits per heavy atom. The topological polar surface area (TPSA) is 50.7 Å². The molecule has 4 nitrogen and oxygen atoms in total. The summed E-state index contributed by atoms with van der Waals surface area (Å²) in [7, 11) is 0. The molecule has 0 saturated carbocycles. The molecule has 2 rings (SSSR count). The van der Waals surface area contributed by atoms with Gasteiger partial charge in [0.2, 0.25) is 0 Å². The molecular formula is C17H21NO3. The molecule has 0 saturated heterocycles. The van der Waals surface area contributed by atoms with Crippen LogP contribution in [0.3, 0.4) is 0 Å². The maximum absolute atomic E-state index is 8.63. The van der Waals surface area contributed by atoms with Crippen molar-refractivity contribution in [2.24, 2.45) is 0 Å². The monoisotopic (exact) mass is 287 g/mol. The van der Waals surface area contributed by atoms with Crippen LogP contribution in [-0.2, 0) is 6.61 Å². The first-order valence-electron chi connectivity index (χ1n) is 7.09. The molecular weight excluding hydrogens is 266 g/mol. The van der Waals surface area contributed by atoms with Gasteiger partial charge < -0.3 is 19.9 Å². The van der Waals surface area contributed by atoms with E-state index in [4.69, 9.17) is 14.6 Å². The Bertz CT molecular complexity index is 499. The van der Waals surface area contributed by atoms with Crippen LogP contribution >= 0.6 is 0 Å². The molecule has 21 heavy (non-hydrogen) atoms. The lowest BCUT2D eigenvalue weighted by molar-refractivity contribution is 0.275. The van der Waals surface area contributed by atoms with Gasteiger partial charge in [0, 0.05) is 13.1 Å². The van der Waals surface area contributed by atoms with Crippen LogP contribution in [0.4, 0.5) is 0 Å². The van der Waals surface area contributed by atoms with Crippen LogP contribution in [0.15, 0.2) is 54.6 Å². The smallest absolute Gasteiger partial charge is 0.120 e. The summed E-state index contributed by atoms with van der Waals surface area (Å²) in [6, 6.07) is 17.7. The fraction of sp³-hybridized carbons (Fsp3) is 0.294. The summed E-state index contributed by atoms with van der Waals surface area (Å²) >= 11 is 0. The van der Waals surface area contributed by atoms with Gasteiger partial charge in [-0.3, -0.25) is 0 Å². The Balaban J connectivity index is 1.71. The van der Waals surface area contributed by atoms with Gasteiger partial charge in [0.1, 0.15) is 24.7 Å². The van der Waals surface area contributed by atoms with Gasteiger partial charge in [0.15, 0.2) is 0 Å². The lowest BCUT2D eigenvalue weighted by Crippen LogP contribution is -2.23. The second-order valence-electron chi connectivity index (χ2n) is 4.57. The SMILES string of the molecule is OCCNCCOc1ccc(OCc2ccccc2)cc1. The largest absolute Gasteiger partial charge is 0.492 e. The molecule has 0 heterocycles. The average Bonchev–Trinajstić information content (AvgIpc) is 2.55. The third-order valence-corrected chi connectivity index (χ3v) is 2.91. The van der Waals surface area contributed by atoms with Gasteiger partial charge >= 0.3 is 0 Å². The first kappa shape index (κ1) is 15.4. The van der Waals surface area contributed by atoms with Crippen molar-refractivity contribution in [2.75, 3.05) is 26.3 Å². The van der Waals surface area contributed by atoms with Gasteiger partial charge in [0.05, 0.1) is 6.61 Å². The summed E-state index contributed by atoms with van der Waals surface area (Å²) < 4.78 is 11.3. The van der Waals surface area contributed by atoms with Crippen molar-refractivity contribution in [3.63, 3.8) is 0 Å². The molecule has 0 aromatic heterocycles. The van der Waals surface area contributed by atoms with E-state index in [9.17, 15) is 0 Å². The third-order valence-electron chi connectivity index (χ3n) is 2.91. The first-order valence-corrected chi connectivity index (χ1v) is 7.09. The zero-order valence-corrected chi connectivity index (χ0v) is 12.0. The highest BCUT2D eigenvalue weighted by Gasteiger charge is 1.97. The maximum Gasteiger partial charge on any atom is 0.120 e. The maximum atomic E-state index is 8.63. The van der Waals surface area contributed by atoms with E-state index in [1.54, 1.807) is 0 Å². The predicted octanol–water partition coefficient (Wildman–Crippen LogP) is 2.23. The van der Waals surface area contributed by atoms with Crippen molar-refractivity contribution < 1.29 is 14.6 Å². The van der Waals surface area contributed by atoms with Gasteiger partial charge in [-0.2, -0.15) is 0 Å². The standard InChI is InChI=1S/C17H21NO3/c19-12-10-18-11-13-20-16-6-8-17(9-7-16)21-14-15-4-2-1-3-5-15/h1-9,18-19H,10-14H2. The number of nitrogens with one attached hydrogen (secondary N) is 1. The summed E-state index contributed by atoms with van der Waals surface area (Å²) in [6.45, 7) is 2.59. The van der Waals surface area contributed by atoms with E-state index in [1.165, 1.54) is 0 Å². The molecule has 0 amide bonds. The molecule has 2 aromatic rings. The second kappa shape index (κ2) is 9.00. The average molecular weight is 287 g/mol. The van der Waals surface area contributed by atoms with Crippen molar-refractivity contribution >= 4 is 0 Å². The Kier molecular flexibility index (Phi) is 6.58. The van der Waals surface area contributed by atoms with Gasteiger partial charge in [-0.05, 0) is 29.8 Å². The molecule has 2 aromatic carbocycles. The van der Waals surface area contributed by atoms with E-state index in [1.807, 2.05) is 54.6 Å². The summed E-state index contributed by atoms with van der Waals surface area (Å²) in [5, 5.41) is 11.7. The normalized spacial score (nSPS) is 10.3. The van der Waals surface area contributed by atoms with E-state index in [-0.39, 0.29) is 6.61 Å². The molecule has 0 unspecified atom stereocenters. The van der Waals surface area contributed by atoms with Crippen LogP contribution in [0.2, 0.25) is 0 Å². The van der Waals surface area contributed by atoms with Crippen LogP contribution in [0.25, 0.3) is 0 Å². The van der Waals surface area contributed by atoms with Crippen LogP contribution in [0.5, 0.6) is 11.5 Å². The highest BCUT2D eigenvalue weighted by molar-refractivity contribution is 5.31. The van der Waals surface area contributed by atoms with Crippen LogP contribution < -0.4 is 14.8 Å². The van der Waals surface area contributed by atoms with E-state index < -0.39 is 0 Å². The molecule has 0 radical (unpaired) electrons. The number of ether oxygens (including phenoxy) is 2. The van der Waals surface area contributed by atoms with Crippen molar-refractivity contribution in [1.29, 1.82) is 0 Å². The van der Waals surface area contributed by atoms with E-state index >= 15 is 0 Å². The minimum atomic E-state index is 0.146. The molecule has 0 spiro atoms. The Morgan fingerprint density at radius 1 is 0.810 bits per heavy atom. The predicted molar refractivity (Wildman–Crippen MR) is 82.7 cm³/mol. The third kappa shape index (κ3) is 5.85. The number of benzene rings is 2. The highest BCUT2D eigenvalue weighted by Crippen LogP contribution is 2.18. The van der Waals surface area contributed by atoms with E-state index in [0.29, 0.717) is 26.3 Å². The van der Waals surface area contributed by atoms with Gasteiger partial charge in [-0.25, -0.2) is 0 Å². The summed E-state index contributed by atoms with van der Waals surface area (Å²) in [5.74, 6) is 1.64. The van der Waals surface area contributed by atoms with Crippen molar-refractivity contribution in [3.05, 3.63) is 60.2 Å². The van der Waals surface area contributed by atoms with E-state index in [0.717, 1.165) is 17.1 Å². The highest BCUT2D eigenvalue weighted by atomic mass is 16.5. The Hall–Kier alpha value is -2.04. The van der Waals surface area contributed by atoms with Crippen LogP contribution in [0.1, 0.15) is 5.56 Å². The zero-order valence-electron chi connectivity index (χ0n) is 12.0. The van der Waals surface area contributed by atoms with Crippen molar-refractivity contribution in [1.82, 2.24) is 5.32 Å². The molecule has 0 aliphatic heterocycles. The minimum absolute atomic E-state index is 0.146. The van der Waals surface area contributed by atoms with Crippen molar-refractivity contribution in [3.8, 4) is 11.5 Å². The Labute approximate surface area is 125 Å². The molecule has 112 valence electrons.